The smallest absolute Gasteiger partial charge is 0.166 e. The van der Waals surface area contributed by atoms with E-state index in [9.17, 15) is 4.79 Å². The Balaban J connectivity index is 1.33. The van der Waals surface area contributed by atoms with Crippen molar-refractivity contribution in [1.82, 2.24) is 0 Å². The fourth-order valence-electron chi connectivity index (χ4n) is 8.23. The molecule has 0 N–H and O–H groups in total. The highest BCUT2D eigenvalue weighted by molar-refractivity contribution is 8.24. The van der Waals surface area contributed by atoms with E-state index in [1.54, 1.807) is 0 Å². The lowest BCUT2D eigenvalue weighted by molar-refractivity contribution is -0.137. The second-order valence-corrected chi connectivity index (χ2v) is 13.7. The van der Waals surface area contributed by atoms with Crippen LogP contribution >= 0.6 is 23.5 Å². The Morgan fingerprint density at radius 3 is 2.63 bits per heavy atom. The molecule has 0 spiro atoms. The van der Waals surface area contributed by atoms with Gasteiger partial charge in [-0.2, -0.15) is 0 Å². The fraction of sp³-hybridized carbons (Fsp3) is 0.667. The molecule has 6 rings (SSSR count). The Hall–Kier alpha value is -0.670. The van der Waals surface area contributed by atoms with Crippen LogP contribution in [0.4, 0.5) is 0 Å². The molecule has 4 fully saturated rings. The SMILES string of the molecule is Cc1ccc2c(c1)S/C(=C1/CC3C4CCC5CCCCC5(C)C4CCC3(C)C1=O)S2. The third-order valence-electron chi connectivity index (χ3n) is 9.94. The molecule has 1 heterocycles. The fourth-order valence-corrected chi connectivity index (χ4v) is 10.9. The summed E-state index contributed by atoms with van der Waals surface area (Å²) in [5, 5.41) is 0. The Morgan fingerprint density at radius 1 is 0.933 bits per heavy atom. The Labute approximate surface area is 190 Å². The molecule has 0 bridgehead atoms. The summed E-state index contributed by atoms with van der Waals surface area (Å²) >= 11 is 3.72. The van der Waals surface area contributed by atoms with E-state index in [-0.39, 0.29) is 5.41 Å². The highest BCUT2D eigenvalue weighted by Gasteiger charge is 2.61. The molecule has 5 aliphatic rings. The van der Waals surface area contributed by atoms with Gasteiger partial charge in [-0.15, -0.1) is 0 Å². The van der Waals surface area contributed by atoms with Crippen molar-refractivity contribution in [3.63, 3.8) is 0 Å². The van der Waals surface area contributed by atoms with E-state index in [2.05, 4.69) is 39.0 Å². The molecule has 0 aromatic heterocycles. The van der Waals surface area contributed by atoms with E-state index < -0.39 is 0 Å². The van der Waals surface area contributed by atoms with Crippen molar-refractivity contribution in [3.05, 3.63) is 33.6 Å². The van der Waals surface area contributed by atoms with Crippen LogP contribution in [0.15, 0.2) is 37.8 Å². The molecule has 3 heteroatoms. The molecule has 1 nitrogen and oxygen atoms in total. The van der Waals surface area contributed by atoms with Crippen LogP contribution in [0.5, 0.6) is 0 Å². The first-order valence-electron chi connectivity index (χ1n) is 12.1. The maximum absolute atomic E-state index is 13.8. The number of carbonyl (C=O) groups is 1. The number of allylic oxidation sites excluding steroid dienone is 1. The number of aryl methyl sites for hydroxylation is 1. The highest BCUT2D eigenvalue weighted by atomic mass is 32.2. The summed E-state index contributed by atoms with van der Waals surface area (Å²) in [6.45, 7) is 7.13. The molecule has 6 unspecified atom stereocenters. The maximum Gasteiger partial charge on any atom is 0.166 e. The molecule has 1 aliphatic heterocycles. The van der Waals surface area contributed by atoms with E-state index in [0.717, 1.165) is 30.6 Å². The molecule has 0 amide bonds. The van der Waals surface area contributed by atoms with Crippen molar-refractivity contribution in [1.29, 1.82) is 0 Å². The van der Waals surface area contributed by atoms with Crippen LogP contribution in [0.3, 0.4) is 0 Å². The summed E-state index contributed by atoms with van der Waals surface area (Å²) < 4.78 is 1.30. The first-order valence-corrected chi connectivity index (χ1v) is 13.8. The van der Waals surface area contributed by atoms with Gasteiger partial charge in [0.15, 0.2) is 5.78 Å². The predicted octanol–water partition coefficient (Wildman–Crippen LogP) is 8.02. The molecule has 1 aromatic rings. The zero-order valence-electron chi connectivity index (χ0n) is 18.6. The minimum Gasteiger partial charge on any atom is -0.294 e. The van der Waals surface area contributed by atoms with E-state index in [1.165, 1.54) is 70.1 Å². The van der Waals surface area contributed by atoms with Crippen LogP contribution in [0.25, 0.3) is 0 Å². The number of hydrogen-bond donors (Lipinski definition) is 0. The van der Waals surface area contributed by atoms with Gasteiger partial charge in [-0.1, -0.05) is 56.3 Å². The van der Waals surface area contributed by atoms with Gasteiger partial charge in [0.2, 0.25) is 0 Å². The molecular weight excluding hydrogens is 404 g/mol. The Morgan fingerprint density at radius 2 is 1.77 bits per heavy atom. The van der Waals surface area contributed by atoms with Gasteiger partial charge in [-0.25, -0.2) is 0 Å². The van der Waals surface area contributed by atoms with Crippen LogP contribution < -0.4 is 0 Å². The van der Waals surface area contributed by atoms with E-state index >= 15 is 0 Å². The van der Waals surface area contributed by atoms with Crippen molar-refractivity contribution < 1.29 is 4.79 Å². The predicted molar refractivity (Wildman–Crippen MR) is 127 cm³/mol. The maximum atomic E-state index is 13.8. The van der Waals surface area contributed by atoms with Crippen LogP contribution in [0, 0.1) is 41.4 Å². The van der Waals surface area contributed by atoms with E-state index in [4.69, 9.17) is 0 Å². The number of hydrogen-bond acceptors (Lipinski definition) is 3. The minimum absolute atomic E-state index is 0.104. The average molecular weight is 439 g/mol. The van der Waals surface area contributed by atoms with Crippen molar-refractivity contribution in [2.45, 2.75) is 88.3 Å². The monoisotopic (exact) mass is 438 g/mol. The van der Waals surface area contributed by atoms with Gasteiger partial charge >= 0.3 is 0 Å². The van der Waals surface area contributed by atoms with Crippen LogP contribution in [-0.4, -0.2) is 5.78 Å². The van der Waals surface area contributed by atoms with E-state index in [0.29, 0.717) is 17.1 Å². The summed E-state index contributed by atoms with van der Waals surface area (Å²) in [5.41, 5.74) is 2.94. The number of fused-ring (bicyclic) bond motifs is 6. The number of benzene rings is 1. The first-order chi connectivity index (χ1) is 14.4. The lowest BCUT2D eigenvalue weighted by atomic mass is 9.45. The van der Waals surface area contributed by atoms with Crippen LogP contribution in [0.2, 0.25) is 0 Å². The Kier molecular flexibility index (Phi) is 4.60. The lowest BCUT2D eigenvalue weighted by Gasteiger charge is -2.59. The molecule has 1 aromatic carbocycles. The summed E-state index contributed by atoms with van der Waals surface area (Å²) in [4.78, 5) is 16.5. The molecule has 4 saturated carbocycles. The number of rotatable bonds is 0. The summed E-state index contributed by atoms with van der Waals surface area (Å²) in [5.74, 6) is 3.66. The van der Waals surface area contributed by atoms with Crippen molar-refractivity contribution in [2.75, 3.05) is 0 Å². The van der Waals surface area contributed by atoms with Gasteiger partial charge in [0.1, 0.15) is 0 Å². The number of Topliss-reactive ketones (excluding diaryl/α,β-unsaturated/α-hetero) is 1. The van der Waals surface area contributed by atoms with Crippen molar-refractivity contribution in [3.8, 4) is 0 Å². The molecule has 30 heavy (non-hydrogen) atoms. The second kappa shape index (κ2) is 6.91. The Bertz CT molecular complexity index is 948. The normalized spacial score (nSPS) is 45.0. The highest BCUT2D eigenvalue weighted by Crippen LogP contribution is 2.67. The van der Waals surface area contributed by atoms with Crippen molar-refractivity contribution in [2.24, 2.45) is 34.5 Å². The molecule has 160 valence electrons. The zero-order chi connectivity index (χ0) is 20.7. The molecule has 6 atom stereocenters. The standard InChI is InChI=1S/C27H34OS2/c1-16-7-10-22-23(14-16)30-25(29-22)19-15-21-18-9-8-17-6-4-5-12-26(17,2)20(18)11-13-27(21,3)24(19)28/h7,10,14,17-18,20-21H,4-6,8-9,11-13,15H2,1-3H3/b25-19-. The summed E-state index contributed by atoms with van der Waals surface area (Å²) in [6.07, 6.45) is 12.0. The van der Waals surface area contributed by atoms with Crippen LogP contribution in [-0.2, 0) is 4.79 Å². The lowest BCUT2D eigenvalue weighted by Crippen LogP contribution is -2.52. The average Bonchev–Trinajstić information content (AvgIpc) is 3.25. The van der Waals surface area contributed by atoms with Gasteiger partial charge in [-0.05, 0) is 98.7 Å². The quantitative estimate of drug-likeness (QED) is 0.382. The van der Waals surface area contributed by atoms with Gasteiger partial charge in [0.05, 0.1) is 4.24 Å². The van der Waals surface area contributed by atoms with Crippen LogP contribution in [0.1, 0.15) is 77.2 Å². The van der Waals surface area contributed by atoms with Gasteiger partial charge in [0, 0.05) is 20.8 Å². The third kappa shape index (κ3) is 2.73. The first kappa shape index (κ1) is 20.0. The number of carbonyl (C=O) groups excluding carboxylic acids is 1. The minimum atomic E-state index is -0.104. The topological polar surface area (TPSA) is 17.1 Å². The molecule has 4 aliphatic carbocycles. The van der Waals surface area contributed by atoms with Crippen molar-refractivity contribution >= 4 is 29.3 Å². The molecule has 0 saturated heterocycles. The third-order valence-corrected chi connectivity index (χ3v) is 12.6. The zero-order valence-corrected chi connectivity index (χ0v) is 20.3. The summed E-state index contributed by atoms with van der Waals surface area (Å²) in [6, 6.07) is 6.73. The second-order valence-electron chi connectivity index (χ2n) is 11.3. The largest absolute Gasteiger partial charge is 0.294 e. The molecule has 0 radical (unpaired) electrons. The van der Waals surface area contributed by atoms with Gasteiger partial charge in [-0.3, -0.25) is 4.79 Å². The number of thioether (sulfide) groups is 2. The number of ketones is 1. The van der Waals surface area contributed by atoms with E-state index in [1.807, 2.05) is 23.5 Å². The van der Waals surface area contributed by atoms with Gasteiger partial charge in [0.25, 0.3) is 0 Å². The summed E-state index contributed by atoms with van der Waals surface area (Å²) in [7, 11) is 0. The van der Waals surface area contributed by atoms with Gasteiger partial charge < -0.3 is 0 Å². The molecular formula is C27H34OS2.